The molecule has 0 bridgehead atoms. The van der Waals surface area contributed by atoms with Crippen molar-refractivity contribution in [1.82, 2.24) is 4.90 Å². The fourth-order valence-corrected chi connectivity index (χ4v) is 5.72. The van der Waals surface area contributed by atoms with E-state index in [0.29, 0.717) is 31.2 Å². The monoisotopic (exact) mass is 528 g/mol. The van der Waals surface area contributed by atoms with Crippen molar-refractivity contribution in [3.8, 4) is 0 Å². The zero-order chi connectivity index (χ0) is 25.9. The molecule has 0 N–H and O–H groups in total. The number of nitro benzene ring substituents is 1. The van der Waals surface area contributed by atoms with Gasteiger partial charge in [0.15, 0.2) is 0 Å². The van der Waals surface area contributed by atoms with E-state index in [-0.39, 0.29) is 22.2 Å². The summed E-state index contributed by atoms with van der Waals surface area (Å²) >= 11 is 6.16. The number of carbonyl (C=O) groups is 1. The molecule has 0 radical (unpaired) electrons. The van der Waals surface area contributed by atoms with Gasteiger partial charge >= 0.3 is 0 Å². The van der Waals surface area contributed by atoms with E-state index in [4.69, 9.17) is 11.6 Å². The van der Waals surface area contributed by atoms with E-state index >= 15 is 0 Å². The highest BCUT2D eigenvalue weighted by Gasteiger charge is 2.30. The van der Waals surface area contributed by atoms with E-state index in [0.717, 1.165) is 15.6 Å². The Bertz CT molecular complexity index is 1360. The number of amides is 1. The molecule has 188 valence electrons. The largest absolute Gasteiger partial charge is 0.368 e. The second kappa shape index (κ2) is 10.5. The fraction of sp³-hybridized carbons (Fsp3) is 0.240. The molecule has 1 saturated heterocycles. The Morgan fingerprint density at radius 2 is 1.64 bits per heavy atom. The van der Waals surface area contributed by atoms with Gasteiger partial charge < -0.3 is 9.80 Å². The number of hydrogen-bond donors (Lipinski definition) is 0. The second-order valence-electron chi connectivity index (χ2n) is 8.40. The lowest BCUT2D eigenvalue weighted by atomic mass is 10.1. The lowest BCUT2D eigenvalue weighted by Crippen LogP contribution is -2.52. The van der Waals surface area contributed by atoms with Crippen molar-refractivity contribution in [3.63, 3.8) is 0 Å². The number of piperazine rings is 1. The van der Waals surface area contributed by atoms with Crippen LogP contribution in [0.25, 0.3) is 0 Å². The minimum atomic E-state index is -4.09. The average molecular weight is 529 g/mol. The maximum Gasteiger partial charge on any atom is 0.269 e. The van der Waals surface area contributed by atoms with E-state index in [1.165, 1.54) is 36.4 Å². The summed E-state index contributed by atoms with van der Waals surface area (Å²) in [5.41, 5.74) is 2.09. The molecule has 1 aliphatic rings. The summed E-state index contributed by atoms with van der Waals surface area (Å²) in [5.74, 6) is -0.352. The van der Waals surface area contributed by atoms with Crippen LogP contribution < -0.4 is 9.21 Å². The van der Waals surface area contributed by atoms with E-state index in [9.17, 15) is 23.3 Å². The molecule has 9 nitrogen and oxygen atoms in total. The van der Waals surface area contributed by atoms with Gasteiger partial charge in [-0.25, -0.2) is 8.42 Å². The third kappa shape index (κ3) is 5.44. The lowest BCUT2D eigenvalue weighted by Gasteiger charge is -2.37. The Morgan fingerprint density at radius 1 is 1.00 bits per heavy atom. The summed E-state index contributed by atoms with van der Waals surface area (Å²) in [7, 11) is -4.09. The fourth-order valence-electron chi connectivity index (χ4n) is 4.12. The van der Waals surface area contributed by atoms with E-state index in [2.05, 4.69) is 4.90 Å². The van der Waals surface area contributed by atoms with Gasteiger partial charge in [-0.3, -0.25) is 19.2 Å². The standard InChI is InChI=1S/C25H25ClN4O5S/c1-19-7-8-20(26)17-24(19)27-13-15-28(16-14-27)25(31)18-29(21-9-11-22(12-10-21)30(32)33)36(34,35)23-5-3-2-4-6-23/h2-12,17H,13-16,18H2,1H3. The van der Waals surface area contributed by atoms with E-state index in [1.54, 1.807) is 23.1 Å². The van der Waals surface area contributed by atoms with Gasteiger partial charge in [-0.2, -0.15) is 0 Å². The van der Waals surface area contributed by atoms with Crippen molar-refractivity contribution in [3.05, 3.63) is 93.5 Å². The molecular formula is C25H25ClN4O5S. The van der Waals surface area contributed by atoms with Gasteiger partial charge in [-0.15, -0.1) is 0 Å². The van der Waals surface area contributed by atoms with Gasteiger partial charge in [0.1, 0.15) is 6.54 Å². The molecule has 0 spiro atoms. The third-order valence-corrected chi connectivity index (χ3v) is 8.13. The first kappa shape index (κ1) is 25.5. The highest BCUT2D eigenvalue weighted by molar-refractivity contribution is 7.92. The number of benzene rings is 3. The average Bonchev–Trinajstić information content (AvgIpc) is 2.89. The van der Waals surface area contributed by atoms with Gasteiger partial charge in [0.05, 0.1) is 15.5 Å². The Hall–Kier alpha value is -3.63. The van der Waals surface area contributed by atoms with Gasteiger partial charge in [-0.1, -0.05) is 35.9 Å². The first-order chi connectivity index (χ1) is 17.2. The molecule has 1 amide bonds. The predicted octanol–water partition coefficient (Wildman–Crippen LogP) is 4.10. The molecule has 3 aromatic rings. The third-order valence-electron chi connectivity index (χ3n) is 6.10. The minimum Gasteiger partial charge on any atom is -0.368 e. The second-order valence-corrected chi connectivity index (χ2v) is 10.7. The van der Waals surface area contributed by atoms with Gasteiger partial charge in [0, 0.05) is 49.0 Å². The topological polar surface area (TPSA) is 104 Å². The molecule has 1 aliphatic heterocycles. The first-order valence-corrected chi connectivity index (χ1v) is 13.1. The summed E-state index contributed by atoms with van der Waals surface area (Å²) in [5, 5.41) is 11.7. The normalized spacial score (nSPS) is 13.9. The smallest absolute Gasteiger partial charge is 0.269 e. The minimum absolute atomic E-state index is 0.0254. The number of carbonyl (C=O) groups excluding carboxylic acids is 1. The number of non-ortho nitro benzene ring substituents is 1. The SMILES string of the molecule is Cc1ccc(Cl)cc1N1CCN(C(=O)CN(c2ccc([N+](=O)[O-])cc2)S(=O)(=O)c2ccccc2)CC1. The van der Waals surface area contributed by atoms with E-state index < -0.39 is 21.5 Å². The van der Waals surface area contributed by atoms with Crippen LogP contribution in [0.4, 0.5) is 17.1 Å². The highest BCUT2D eigenvalue weighted by Crippen LogP contribution is 2.27. The number of sulfonamides is 1. The number of nitro groups is 1. The number of halogens is 1. The molecule has 1 fully saturated rings. The van der Waals surface area contributed by atoms with Crippen LogP contribution in [0, 0.1) is 17.0 Å². The van der Waals surface area contributed by atoms with Crippen molar-refractivity contribution in [2.45, 2.75) is 11.8 Å². The molecule has 0 saturated carbocycles. The molecule has 4 rings (SSSR count). The van der Waals surface area contributed by atoms with Gasteiger partial charge in [0.25, 0.3) is 15.7 Å². The highest BCUT2D eigenvalue weighted by atomic mass is 35.5. The quantitative estimate of drug-likeness (QED) is 0.338. The summed E-state index contributed by atoms with van der Waals surface area (Å²) in [4.78, 5) is 27.6. The lowest BCUT2D eigenvalue weighted by molar-refractivity contribution is -0.384. The first-order valence-electron chi connectivity index (χ1n) is 11.3. The van der Waals surface area contributed by atoms with Crippen LogP contribution in [0.3, 0.4) is 0 Å². The van der Waals surface area contributed by atoms with Crippen molar-refractivity contribution in [2.75, 3.05) is 41.9 Å². The molecule has 0 atom stereocenters. The zero-order valence-electron chi connectivity index (χ0n) is 19.6. The van der Waals surface area contributed by atoms with Crippen molar-refractivity contribution in [1.29, 1.82) is 0 Å². The van der Waals surface area contributed by atoms with Crippen molar-refractivity contribution < 1.29 is 18.1 Å². The maximum atomic E-state index is 13.5. The van der Waals surface area contributed by atoms with Crippen LogP contribution >= 0.6 is 11.6 Å². The summed E-state index contributed by atoms with van der Waals surface area (Å²) in [6.45, 7) is 3.57. The van der Waals surface area contributed by atoms with Crippen molar-refractivity contribution in [2.24, 2.45) is 0 Å². The van der Waals surface area contributed by atoms with Crippen LogP contribution in [0.2, 0.25) is 5.02 Å². The summed E-state index contributed by atoms with van der Waals surface area (Å²) in [6, 6.07) is 18.6. The predicted molar refractivity (Wildman–Crippen MR) is 139 cm³/mol. The number of rotatable bonds is 7. The number of nitrogens with zero attached hydrogens (tertiary/aromatic N) is 4. The molecule has 3 aromatic carbocycles. The molecule has 36 heavy (non-hydrogen) atoms. The molecule has 0 aromatic heterocycles. The Kier molecular flexibility index (Phi) is 7.46. The number of anilines is 2. The zero-order valence-corrected chi connectivity index (χ0v) is 21.2. The summed E-state index contributed by atoms with van der Waals surface area (Å²) in [6.07, 6.45) is 0. The van der Waals surface area contributed by atoms with Gasteiger partial charge in [0.2, 0.25) is 5.91 Å². The number of aryl methyl sites for hydroxylation is 1. The summed E-state index contributed by atoms with van der Waals surface area (Å²) < 4.78 is 28.0. The van der Waals surface area contributed by atoms with Crippen LogP contribution in [0.5, 0.6) is 0 Å². The molecule has 11 heteroatoms. The van der Waals surface area contributed by atoms with Crippen LogP contribution in [-0.2, 0) is 14.8 Å². The molecular weight excluding hydrogens is 504 g/mol. The molecule has 1 heterocycles. The number of hydrogen-bond acceptors (Lipinski definition) is 6. The maximum absolute atomic E-state index is 13.5. The Morgan fingerprint density at radius 3 is 2.25 bits per heavy atom. The van der Waals surface area contributed by atoms with Gasteiger partial charge in [-0.05, 0) is 48.9 Å². The molecule has 0 aliphatic carbocycles. The van der Waals surface area contributed by atoms with Crippen LogP contribution in [0.15, 0.2) is 77.7 Å². The van der Waals surface area contributed by atoms with Crippen LogP contribution in [0.1, 0.15) is 5.56 Å². The van der Waals surface area contributed by atoms with E-state index in [1.807, 2.05) is 25.1 Å². The van der Waals surface area contributed by atoms with Crippen LogP contribution in [-0.4, -0.2) is 56.9 Å². The van der Waals surface area contributed by atoms with Crippen molar-refractivity contribution >= 4 is 44.6 Å². The molecule has 0 unspecified atom stereocenters. The Balaban J connectivity index is 1.55. The Labute approximate surface area is 214 Å².